The molecule has 0 spiro atoms. The summed E-state index contributed by atoms with van der Waals surface area (Å²) in [6.07, 6.45) is 3.66. The molecule has 1 aliphatic carbocycles. The summed E-state index contributed by atoms with van der Waals surface area (Å²) >= 11 is 0. The molecule has 2 aliphatic heterocycles. The van der Waals surface area contributed by atoms with Gasteiger partial charge in [0, 0.05) is 51.6 Å². The molecule has 4 N–H and O–H groups in total. The van der Waals surface area contributed by atoms with Crippen LogP contribution >= 0.6 is 0 Å². The fraction of sp³-hybridized carbons (Fsp3) is 0.913. The normalized spacial score (nSPS) is 33.3. The summed E-state index contributed by atoms with van der Waals surface area (Å²) in [5.41, 5.74) is -0.541. The van der Waals surface area contributed by atoms with Crippen molar-refractivity contribution in [3.05, 3.63) is 0 Å². The molecular weight excluding hydrogens is 472 g/mol. The number of hydrogen-bond acceptors (Lipinski definition) is 9. The standard InChI is InChI=1S/C23H44N6O5S/c1-15-14-28(22(31)34-23(2,3)4)11-12-29(15)21-25-13-16(20(30)24-5)19(27-21)26-17-9-7-8-10-18(17)35(6,32)33/h15-19,21,25-27H,7-14H2,1-6H3,(H,24,30). The first-order valence-corrected chi connectivity index (χ1v) is 14.6. The molecule has 3 rings (SSSR count). The summed E-state index contributed by atoms with van der Waals surface area (Å²) in [5, 5.41) is 12.8. The number of nitrogens with one attached hydrogen (secondary N) is 4. The fourth-order valence-corrected chi connectivity index (χ4v) is 6.79. The molecule has 1 saturated carbocycles. The average molecular weight is 517 g/mol. The molecule has 0 radical (unpaired) electrons. The molecule has 3 fully saturated rings. The van der Waals surface area contributed by atoms with Gasteiger partial charge in [0.1, 0.15) is 11.9 Å². The SMILES string of the molecule is CNC(=O)C1CNC(N2CCN(C(=O)OC(C)(C)C)CC2C)NC1NC1CCCCC1S(C)(=O)=O. The van der Waals surface area contributed by atoms with E-state index in [4.69, 9.17) is 4.74 Å². The Bertz CT molecular complexity index is 863. The Morgan fingerprint density at radius 1 is 1.11 bits per heavy atom. The molecule has 6 atom stereocenters. The highest BCUT2D eigenvalue weighted by atomic mass is 32.2. The highest BCUT2D eigenvalue weighted by Crippen LogP contribution is 2.26. The van der Waals surface area contributed by atoms with Crippen LogP contribution in [0.2, 0.25) is 0 Å². The molecule has 0 bridgehead atoms. The predicted molar refractivity (Wildman–Crippen MR) is 134 cm³/mol. The van der Waals surface area contributed by atoms with Crippen molar-refractivity contribution >= 4 is 21.8 Å². The third-order valence-electron chi connectivity index (χ3n) is 7.16. The Balaban J connectivity index is 1.69. The fourth-order valence-electron chi connectivity index (χ4n) is 5.39. The minimum atomic E-state index is -3.21. The first-order chi connectivity index (χ1) is 16.3. The number of rotatable bonds is 5. The van der Waals surface area contributed by atoms with Gasteiger partial charge in [-0.1, -0.05) is 12.8 Å². The highest BCUT2D eigenvalue weighted by Gasteiger charge is 2.42. The Morgan fingerprint density at radius 3 is 2.40 bits per heavy atom. The Hall–Kier alpha value is -1.47. The maximum Gasteiger partial charge on any atom is 0.410 e. The molecule has 3 aliphatic rings. The topological polar surface area (TPSA) is 132 Å². The number of amides is 2. The van der Waals surface area contributed by atoms with E-state index < -0.39 is 26.6 Å². The van der Waals surface area contributed by atoms with E-state index in [0.717, 1.165) is 19.3 Å². The minimum Gasteiger partial charge on any atom is -0.444 e. The lowest BCUT2D eigenvalue weighted by molar-refractivity contribution is -0.128. The van der Waals surface area contributed by atoms with Crippen molar-refractivity contribution in [2.24, 2.45) is 5.92 Å². The summed E-state index contributed by atoms with van der Waals surface area (Å²) in [6, 6.07) is -0.152. The molecule has 2 heterocycles. The number of carbonyl (C=O) groups is 2. The quantitative estimate of drug-likeness (QED) is 0.400. The molecule has 2 amide bonds. The summed E-state index contributed by atoms with van der Waals surface area (Å²) in [6.45, 7) is 9.79. The second kappa shape index (κ2) is 11.3. The highest BCUT2D eigenvalue weighted by molar-refractivity contribution is 7.91. The predicted octanol–water partition coefficient (Wildman–Crippen LogP) is 0.0377. The summed E-state index contributed by atoms with van der Waals surface area (Å²) in [7, 11) is -1.59. The molecule has 0 aromatic carbocycles. The zero-order valence-corrected chi connectivity index (χ0v) is 22.8. The number of nitrogens with zero attached hydrogens (tertiary/aromatic N) is 2. The van der Waals surface area contributed by atoms with E-state index in [2.05, 4.69) is 33.1 Å². The lowest BCUT2D eigenvalue weighted by Crippen LogP contribution is -2.74. The maximum absolute atomic E-state index is 12.7. The maximum atomic E-state index is 12.7. The third-order valence-corrected chi connectivity index (χ3v) is 8.83. The van der Waals surface area contributed by atoms with E-state index in [-0.39, 0.29) is 36.5 Å². The smallest absolute Gasteiger partial charge is 0.410 e. The van der Waals surface area contributed by atoms with Gasteiger partial charge in [0.25, 0.3) is 0 Å². The van der Waals surface area contributed by atoms with Gasteiger partial charge in [-0.05, 0) is 40.5 Å². The van der Waals surface area contributed by atoms with Gasteiger partial charge in [0.2, 0.25) is 5.91 Å². The first kappa shape index (κ1) is 28.1. The summed E-state index contributed by atoms with van der Waals surface area (Å²) < 4.78 is 30.4. The van der Waals surface area contributed by atoms with Crippen molar-refractivity contribution in [1.82, 2.24) is 31.1 Å². The number of piperazine rings is 1. The first-order valence-electron chi connectivity index (χ1n) is 12.7. The van der Waals surface area contributed by atoms with E-state index in [0.29, 0.717) is 32.6 Å². The van der Waals surface area contributed by atoms with E-state index in [1.807, 2.05) is 20.8 Å². The van der Waals surface area contributed by atoms with Crippen molar-refractivity contribution in [2.75, 3.05) is 39.5 Å². The molecule has 202 valence electrons. The molecule has 11 nitrogen and oxygen atoms in total. The van der Waals surface area contributed by atoms with Crippen molar-refractivity contribution < 1.29 is 22.7 Å². The van der Waals surface area contributed by atoms with Gasteiger partial charge in [-0.3, -0.25) is 25.6 Å². The lowest BCUT2D eigenvalue weighted by atomic mass is 9.93. The Morgan fingerprint density at radius 2 is 1.80 bits per heavy atom. The number of ether oxygens (including phenoxy) is 1. The molecule has 35 heavy (non-hydrogen) atoms. The van der Waals surface area contributed by atoms with Gasteiger partial charge >= 0.3 is 6.09 Å². The van der Waals surface area contributed by atoms with Crippen LogP contribution in [0, 0.1) is 5.92 Å². The van der Waals surface area contributed by atoms with Gasteiger partial charge in [-0.15, -0.1) is 0 Å². The number of hydrogen-bond donors (Lipinski definition) is 4. The zero-order chi connectivity index (χ0) is 26.0. The van der Waals surface area contributed by atoms with Crippen LogP contribution in [0.15, 0.2) is 0 Å². The average Bonchev–Trinajstić information content (AvgIpc) is 2.77. The summed E-state index contributed by atoms with van der Waals surface area (Å²) in [4.78, 5) is 29.2. The van der Waals surface area contributed by atoms with E-state index >= 15 is 0 Å². The third kappa shape index (κ3) is 7.28. The van der Waals surface area contributed by atoms with Gasteiger partial charge in [0.15, 0.2) is 9.84 Å². The lowest BCUT2D eigenvalue weighted by Gasteiger charge is -2.49. The van der Waals surface area contributed by atoms with Crippen molar-refractivity contribution in [3.8, 4) is 0 Å². The molecule has 6 unspecified atom stereocenters. The van der Waals surface area contributed by atoms with E-state index in [9.17, 15) is 18.0 Å². The van der Waals surface area contributed by atoms with Crippen LogP contribution in [0.4, 0.5) is 4.79 Å². The van der Waals surface area contributed by atoms with Gasteiger partial charge in [-0.2, -0.15) is 0 Å². The van der Waals surface area contributed by atoms with Crippen molar-refractivity contribution in [2.45, 2.75) is 88.8 Å². The Kier molecular flexibility index (Phi) is 9.06. The van der Waals surface area contributed by atoms with Crippen LogP contribution in [-0.2, 0) is 19.4 Å². The molecular formula is C23H44N6O5S. The Labute approximate surface area is 210 Å². The molecule has 2 saturated heterocycles. The van der Waals surface area contributed by atoms with Crippen LogP contribution in [0.3, 0.4) is 0 Å². The molecule has 12 heteroatoms. The van der Waals surface area contributed by atoms with Gasteiger partial charge in [0.05, 0.1) is 17.3 Å². The minimum absolute atomic E-state index is 0.0527. The van der Waals surface area contributed by atoms with Crippen molar-refractivity contribution in [1.29, 1.82) is 0 Å². The van der Waals surface area contributed by atoms with Crippen LogP contribution in [0.1, 0.15) is 53.4 Å². The van der Waals surface area contributed by atoms with Crippen LogP contribution in [0.5, 0.6) is 0 Å². The van der Waals surface area contributed by atoms with E-state index in [1.165, 1.54) is 6.26 Å². The molecule has 0 aromatic heterocycles. The van der Waals surface area contributed by atoms with E-state index in [1.54, 1.807) is 11.9 Å². The van der Waals surface area contributed by atoms with Crippen LogP contribution < -0.4 is 21.3 Å². The second-order valence-corrected chi connectivity index (χ2v) is 13.4. The van der Waals surface area contributed by atoms with Crippen LogP contribution in [0.25, 0.3) is 0 Å². The second-order valence-electron chi connectivity index (χ2n) is 11.1. The zero-order valence-electron chi connectivity index (χ0n) is 22.0. The largest absolute Gasteiger partial charge is 0.444 e. The van der Waals surface area contributed by atoms with Crippen LogP contribution in [-0.4, -0.2) is 105 Å². The van der Waals surface area contributed by atoms with Crippen molar-refractivity contribution in [3.63, 3.8) is 0 Å². The van der Waals surface area contributed by atoms with Gasteiger partial charge in [-0.25, -0.2) is 13.2 Å². The molecule has 0 aromatic rings. The monoisotopic (exact) mass is 516 g/mol. The number of sulfone groups is 1. The summed E-state index contributed by atoms with van der Waals surface area (Å²) in [5.74, 6) is -0.493. The van der Waals surface area contributed by atoms with Gasteiger partial charge < -0.3 is 15.0 Å². The number of carbonyl (C=O) groups excluding carboxylic acids is 2.